The third-order valence-electron chi connectivity index (χ3n) is 6.45. The maximum Gasteiger partial charge on any atom is 0.193 e. The van der Waals surface area contributed by atoms with Crippen LogP contribution in [0.4, 0.5) is 0 Å². The quantitative estimate of drug-likeness (QED) is 0.380. The van der Waals surface area contributed by atoms with Crippen LogP contribution in [-0.4, -0.2) is 87.5 Å². The van der Waals surface area contributed by atoms with Gasteiger partial charge < -0.3 is 19.7 Å². The Morgan fingerprint density at radius 1 is 1.27 bits per heavy atom. The molecule has 0 aliphatic carbocycles. The number of rotatable bonds is 4. The molecule has 152 valence electrons. The number of halogens is 1. The number of methoxy groups -OCH3 is 1. The number of aliphatic imine (C=N–C) groups is 1. The monoisotopic (exact) mass is 480 g/mol. The molecule has 3 saturated heterocycles. The summed E-state index contributed by atoms with van der Waals surface area (Å²) in [5.74, 6) is 1.05. The van der Waals surface area contributed by atoms with Gasteiger partial charge in [0.25, 0.3) is 0 Å². The molecule has 3 rings (SSSR count). The van der Waals surface area contributed by atoms with Crippen LogP contribution in [0.15, 0.2) is 4.99 Å². The normalized spacial score (nSPS) is 28.6. The van der Waals surface area contributed by atoms with Crippen molar-refractivity contribution in [2.45, 2.75) is 51.2 Å². The topological polar surface area (TPSA) is 49.3 Å². The minimum Gasteiger partial charge on any atom is -0.381 e. The second-order valence-electron chi connectivity index (χ2n) is 8.61. The lowest BCUT2D eigenvalue weighted by atomic mass is 9.87. The lowest BCUT2D eigenvalue weighted by Gasteiger charge is -2.43. The molecule has 3 aliphatic heterocycles. The molecular formula is C19H37IN4O2. The van der Waals surface area contributed by atoms with Crippen molar-refractivity contribution in [3.8, 4) is 0 Å². The smallest absolute Gasteiger partial charge is 0.193 e. The Balaban J connectivity index is 0.00000243. The molecule has 1 N–H and O–H groups in total. The van der Waals surface area contributed by atoms with E-state index < -0.39 is 0 Å². The fourth-order valence-electron chi connectivity index (χ4n) is 4.52. The molecule has 0 aromatic rings. The number of hydrogen-bond acceptors (Lipinski definition) is 4. The number of likely N-dealkylation sites (tertiary alicyclic amines) is 2. The van der Waals surface area contributed by atoms with Crippen LogP contribution >= 0.6 is 24.0 Å². The summed E-state index contributed by atoms with van der Waals surface area (Å²) in [6, 6.07) is 0. The summed E-state index contributed by atoms with van der Waals surface area (Å²) in [5.41, 5.74) is 0.484. The van der Waals surface area contributed by atoms with Gasteiger partial charge in [-0.1, -0.05) is 0 Å². The molecule has 6 nitrogen and oxygen atoms in total. The number of nitrogens with one attached hydrogen (secondary N) is 1. The van der Waals surface area contributed by atoms with E-state index in [1.54, 1.807) is 0 Å². The van der Waals surface area contributed by atoms with E-state index in [0.717, 1.165) is 64.7 Å². The van der Waals surface area contributed by atoms with Gasteiger partial charge >= 0.3 is 0 Å². The summed E-state index contributed by atoms with van der Waals surface area (Å²) < 4.78 is 11.2. The van der Waals surface area contributed by atoms with Gasteiger partial charge in [-0.25, -0.2) is 0 Å². The number of guanidine groups is 1. The number of ether oxygens (including phenoxy) is 2. The van der Waals surface area contributed by atoms with E-state index in [4.69, 9.17) is 9.47 Å². The Morgan fingerprint density at radius 2 is 2.00 bits per heavy atom. The van der Waals surface area contributed by atoms with Crippen molar-refractivity contribution in [2.75, 3.05) is 60.1 Å². The Kier molecular flexibility index (Phi) is 8.00. The molecule has 0 amide bonds. The maximum atomic E-state index is 5.65. The van der Waals surface area contributed by atoms with Gasteiger partial charge in [0.05, 0.1) is 12.7 Å². The van der Waals surface area contributed by atoms with E-state index in [-0.39, 0.29) is 29.5 Å². The van der Waals surface area contributed by atoms with E-state index in [9.17, 15) is 0 Å². The standard InChI is InChI=1S/C19H36N4O2.HI/c1-18(2,23-9-5-16(24-4)6-10-23)13-21-17(20-3)22-11-7-19(14-22)8-12-25-15-19;/h16H,5-15H2,1-4H3,(H,20,21);1H. The highest BCUT2D eigenvalue weighted by Gasteiger charge is 2.42. The second-order valence-corrected chi connectivity index (χ2v) is 8.61. The summed E-state index contributed by atoms with van der Waals surface area (Å²) in [4.78, 5) is 9.55. The van der Waals surface area contributed by atoms with Crippen LogP contribution < -0.4 is 5.32 Å². The first-order chi connectivity index (χ1) is 12.0. The Labute approximate surface area is 176 Å². The molecule has 1 unspecified atom stereocenters. The molecule has 3 fully saturated rings. The van der Waals surface area contributed by atoms with Crippen LogP contribution in [0, 0.1) is 5.41 Å². The zero-order valence-electron chi connectivity index (χ0n) is 16.9. The van der Waals surface area contributed by atoms with Crippen molar-refractivity contribution in [1.82, 2.24) is 15.1 Å². The van der Waals surface area contributed by atoms with Crippen molar-refractivity contribution < 1.29 is 9.47 Å². The molecule has 1 atom stereocenters. The first-order valence-corrected chi connectivity index (χ1v) is 9.79. The molecular weight excluding hydrogens is 443 g/mol. The van der Waals surface area contributed by atoms with Crippen molar-refractivity contribution in [3.63, 3.8) is 0 Å². The van der Waals surface area contributed by atoms with Gasteiger partial charge in [-0.3, -0.25) is 9.89 Å². The highest BCUT2D eigenvalue weighted by molar-refractivity contribution is 14.0. The molecule has 0 radical (unpaired) electrons. The second kappa shape index (κ2) is 9.39. The fraction of sp³-hybridized carbons (Fsp3) is 0.947. The SMILES string of the molecule is CN=C(NCC(C)(C)N1CCC(OC)CC1)N1CCC2(CCOC2)C1.I. The van der Waals surface area contributed by atoms with Crippen molar-refractivity contribution in [1.29, 1.82) is 0 Å². The molecule has 1 spiro atoms. The molecule has 0 aromatic carbocycles. The zero-order chi connectivity index (χ0) is 17.9. The number of hydrogen-bond donors (Lipinski definition) is 1. The van der Waals surface area contributed by atoms with Gasteiger partial charge in [0.1, 0.15) is 0 Å². The first kappa shape index (κ1) is 22.2. The Morgan fingerprint density at radius 3 is 2.58 bits per heavy atom. The first-order valence-electron chi connectivity index (χ1n) is 9.79. The fourth-order valence-corrected chi connectivity index (χ4v) is 4.52. The van der Waals surface area contributed by atoms with Gasteiger partial charge in [-0.05, 0) is 39.5 Å². The highest BCUT2D eigenvalue weighted by atomic mass is 127. The average molecular weight is 480 g/mol. The third-order valence-corrected chi connectivity index (χ3v) is 6.45. The summed E-state index contributed by atoms with van der Waals surface area (Å²) in [6.45, 7) is 11.8. The van der Waals surface area contributed by atoms with Crippen molar-refractivity contribution >= 4 is 29.9 Å². The molecule has 0 bridgehead atoms. The van der Waals surface area contributed by atoms with E-state index in [0.29, 0.717) is 11.5 Å². The van der Waals surface area contributed by atoms with Crippen LogP contribution in [0.2, 0.25) is 0 Å². The van der Waals surface area contributed by atoms with Crippen LogP contribution in [0.3, 0.4) is 0 Å². The zero-order valence-corrected chi connectivity index (χ0v) is 19.3. The lowest BCUT2D eigenvalue weighted by Crippen LogP contribution is -2.56. The maximum absolute atomic E-state index is 5.65. The summed E-state index contributed by atoms with van der Waals surface area (Å²) >= 11 is 0. The summed E-state index contributed by atoms with van der Waals surface area (Å²) in [5, 5.41) is 3.64. The summed E-state index contributed by atoms with van der Waals surface area (Å²) in [7, 11) is 3.73. The molecule has 3 heterocycles. The largest absolute Gasteiger partial charge is 0.381 e. The van der Waals surface area contributed by atoms with Crippen LogP contribution in [0.5, 0.6) is 0 Å². The number of nitrogens with zero attached hydrogens (tertiary/aromatic N) is 3. The predicted molar refractivity (Wildman–Crippen MR) is 117 cm³/mol. The van der Waals surface area contributed by atoms with Crippen LogP contribution in [-0.2, 0) is 9.47 Å². The predicted octanol–water partition coefficient (Wildman–Crippen LogP) is 2.18. The van der Waals surface area contributed by atoms with Gasteiger partial charge in [0.2, 0.25) is 0 Å². The minimum absolute atomic E-state index is 0. The third kappa shape index (κ3) is 5.02. The van der Waals surface area contributed by atoms with Crippen molar-refractivity contribution in [2.24, 2.45) is 10.4 Å². The molecule has 0 aromatic heterocycles. The van der Waals surface area contributed by atoms with Gasteiger partial charge in [0, 0.05) is 64.4 Å². The lowest BCUT2D eigenvalue weighted by molar-refractivity contribution is 0.00766. The van der Waals surface area contributed by atoms with E-state index >= 15 is 0 Å². The minimum atomic E-state index is 0. The van der Waals surface area contributed by atoms with E-state index in [1.807, 2.05) is 14.2 Å². The van der Waals surface area contributed by atoms with Crippen LogP contribution in [0.1, 0.15) is 39.5 Å². The van der Waals surface area contributed by atoms with Gasteiger partial charge in [0.15, 0.2) is 5.96 Å². The highest BCUT2D eigenvalue weighted by Crippen LogP contribution is 2.38. The Hall–Kier alpha value is -0.120. The average Bonchev–Trinajstić information content (AvgIpc) is 3.26. The number of piperidine rings is 1. The van der Waals surface area contributed by atoms with E-state index in [1.165, 1.54) is 12.8 Å². The van der Waals surface area contributed by atoms with E-state index in [2.05, 4.69) is 34.0 Å². The van der Waals surface area contributed by atoms with Crippen LogP contribution in [0.25, 0.3) is 0 Å². The summed E-state index contributed by atoms with van der Waals surface area (Å²) in [6.07, 6.45) is 5.11. The Bertz CT molecular complexity index is 472. The van der Waals surface area contributed by atoms with Gasteiger partial charge in [-0.15, -0.1) is 24.0 Å². The molecule has 7 heteroatoms. The van der Waals surface area contributed by atoms with Crippen molar-refractivity contribution in [3.05, 3.63) is 0 Å². The van der Waals surface area contributed by atoms with Gasteiger partial charge in [-0.2, -0.15) is 0 Å². The molecule has 0 saturated carbocycles. The molecule has 26 heavy (non-hydrogen) atoms. The molecule has 3 aliphatic rings.